The first-order valence-electron chi connectivity index (χ1n) is 7.23. The lowest BCUT2D eigenvalue weighted by Crippen LogP contribution is -2.10. The number of hydrogen-bond donors (Lipinski definition) is 2. The van der Waals surface area contributed by atoms with Crippen LogP contribution in [0.25, 0.3) is 0 Å². The standard InChI is InChI=1S/C18H19NO2/c1-11-8-14-12(2)18(21)19-17(14)15(9-11)16(20)10-13-6-4-3-5-7-13/h3-9,12,16,20H,10H2,1-2H3,(H,19,21). The van der Waals surface area contributed by atoms with Crippen molar-refractivity contribution in [2.45, 2.75) is 32.3 Å². The van der Waals surface area contributed by atoms with Gasteiger partial charge in [0.1, 0.15) is 0 Å². The number of nitrogens with one attached hydrogen (secondary N) is 1. The molecule has 3 rings (SSSR count). The van der Waals surface area contributed by atoms with Gasteiger partial charge in [-0.1, -0.05) is 48.0 Å². The topological polar surface area (TPSA) is 49.3 Å². The van der Waals surface area contributed by atoms with Crippen molar-refractivity contribution in [3.8, 4) is 0 Å². The minimum Gasteiger partial charge on any atom is -0.388 e. The third kappa shape index (κ3) is 2.57. The second kappa shape index (κ2) is 5.34. The molecule has 108 valence electrons. The van der Waals surface area contributed by atoms with E-state index in [1.807, 2.05) is 56.3 Å². The van der Waals surface area contributed by atoms with Crippen LogP contribution >= 0.6 is 0 Å². The normalized spacial score (nSPS) is 18.2. The highest BCUT2D eigenvalue weighted by molar-refractivity contribution is 6.03. The van der Waals surface area contributed by atoms with E-state index in [0.717, 1.165) is 27.9 Å². The molecular formula is C18H19NO2. The van der Waals surface area contributed by atoms with E-state index in [4.69, 9.17) is 0 Å². The number of aliphatic hydroxyl groups excluding tert-OH is 1. The molecule has 3 nitrogen and oxygen atoms in total. The number of anilines is 1. The summed E-state index contributed by atoms with van der Waals surface area (Å²) in [6, 6.07) is 13.9. The van der Waals surface area contributed by atoms with Crippen LogP contribution in [-0.2, 0) is 11.2 Å². The molecule has 1 heterocycles. The molecule has 0 aromatic heterocycles. The van der Waals surface area contributed by atoms with Crippen LogP contribution in [0.1, 0.15) is 41.2 Å². The van der Waals surface area contributed by atoms with E-state index in [-0.39, 0.29) is 11.8 Å². The van der Waals surface area contributed by atoms with Crippen LogP contribution < -0.4 is 5.32 Å². The molecule has 0 saturated heterocycles. The Labute approximate surface area is 124 Å². The molecule has 2 atom stereocenters. The number of carbonyl (C=O) groups is 1. The minimum atomic E-state index is -0.619. The van der Waals surface area contributed by atoms with E-state index < -0.39 is 6.10 Å². The molecule has 0 spiro atoms. The predicted molar refractivity (Wildman–Crippen MR) is 83.3 cm³/mol. The Morgan fingerprint density at radius 1 is 1.24 bits per heavy atom. The first-order chi connectivity index (χ1) is 10.1. The molecule has 0 radical (unpaired) electrons. The SMILES string of the molecule is Cc1cc(C(O)Cc2ccccc2)c2c(c1)C(C)C(=O)N2. The number of amides is 1. The maximum absolute atomic E-state index is 11.9. The van der Waals surface area contributed by atoms with E-state index in [2.05, 4.69) is 5.32 Å². The predicted octanol–water partition coefficient (Wildman–Crippen LogP) is 3.33. The van der Waals surface area contributed by atoms with Crippen molar-refractivity contribution in [2.24, 2.45) is 0 Å². The monoisotopic (exact) mass is 281 g/mol. The zero-order valence-electron chi connectivity index (χ0n) is 12.3. The maximum atomic E-state index is 11.9. The third-order valence-electron chi connectivity index (χ3n) is 4.08. The molecule has 21 heavy (non-hydrogen) atoms. The summed E-state index contributed by atoms with van der Waals surface area (Å²) < 4.78 is 0. The smallest absolute Gasteiger partial charge is 0.231 e. The fraction of sp³-hybridized carbons (Fsp3) is 0.278. The molecule has 2 N–H and O–H groups in total. The highest BCUT2D eigenvalue weighted by atomic mass is 16.3. The molecule has 0 fully saturated rings. The Balaban J connectivity index is 1.96. The van der Waals surface area contributed by atoms with Crippen LogP contribution in [0.3, 0.4) is 0 Å². The van der Waals surface area contributed by atoms with Crippen molar-refractivity contribution in [2.75, 3.05) is 5.32 Å². The van der Waals surface area contributed by atoms with E-state index in [0.29, 0.717) is 6.42 Å². The molecule has 1 aliphatic heterocycles. The molecule has 2 unspecified atom stereocenters. The van der Waals surface area contributed by atoms with E-state index >= 15 is 0 Å². The van der Waals surface area contributed by atoms with Crippen molar-refractivity contribution >= 4 is 11.6 Å². The fourth-order valence-electron chi connectivity index (χ4n) is 2.91. The van der Waals surface area contributed by atoms with Gasteiger partial charge in [-0.3, -0.25) is 4.79 Å². The van der Waals surface area contributed by atoms with Gasteiger partial charge >= 0.3 is 0 Å². The molecule has 3 heteroatoms. The van der Waals surface area contributed by atoms with Crippen LogP contribution in [0.15, 0.2) is 42.5 Å². The molecule has 0 saturated carbocycles. The van der Waals surface area contributed by atoms with E-state index in [9.17, 15) is 9.90 Å². The van der Waals surface area contributed by atoms with Crippen LogP contribution in [-0.4, -0.2) is 11.0 Å². The Bertz CT molecular complexity index is 679. The summed E-state index contributed by atoms with van der Waals surface area (Å²) in [6.45, 7) is 3.89. The zero-order valence-corrected chi connectivity index (χ0v) is 12.3. The van der Waals surface area contributed by atoms with Crippen molar-refractivity contribution in [3.63, 3.8) is 0 Å². The number of fused-ring (bicyclic) bond motifs is 1. The second-order valence-electron chi connectivity index (χ2n) is 5.73. The quantitative estimate of drug-likeness (QED) is 0.906. The number of carbonyl (C=O) groups excluding carboxylic acids is 1. The van der Waals surface area contributed by atoms with Crippen molar-refractivity contribution < 1.29 is 9.90 Å². The Morgan fingerprint density at radius 3 is 2.67 bits per heavy atom. The van der Waals surface area contributed by atoms with Gasteiger partial charge in [-0.2, -0.15) is 0 Å². The maximum Gasteiger partial charge on any atom is 0.231 e. The summed E-state index contributed by atoms with van der Waals surface area (Å²) in [5.41, 5.74) is 4.74. The Morgan fingerprint density at radius 2 is 1.95 bits per heavy atom. The summed E-state index contributed by atoms with van der Waals surface area (Å²) in [4.78, 5) is 11.9. The lowest BCUT2D eigenvalue weighted by atomic mass is 9.93. The highest BCUT2D eigenvalue weighted by Gasteiger charge is 2.30. The van der Waals surface area contributed by atoms with Gasteiger partial charge in [0.25, 0.3) is 0 Å². The number of aryl methyl sites for hydroxylation is 1. The fourth-order valence-corrected chi connectivity index (χ4v) is 2.91. The Kier molecular flexibility index (Phi) is 3.52. The average molecular weight is 281 g/mol. The van der Waals surface area contributed by atoms with E-state index in [1.54, 1.807) is 0 Å². The largest absolute Gasteiger partial charge is 0.388 e. The van der Waals surface area contributed by atoms with Crippen molar-refractivity contribution in [1.82, 2.24) is 0 Å². The number of aliphatic hydroxyl groups is 1. The first-order valence-corrected chi connectivity index (χ1v) is 7.23. The van der Waals surface area contributed by atoms with Crippen LogP contribution in [0, 0.1) is 6.92 Å². The summed E-state index contributed by atoms with van der Waals surface area (Å²) >= 11 is 0. The average Bonchev–Trinajstić information content (AvgIpc) is 2.75. The highest BCUT2D eigenvalue weighted by Crippen LogP contribution is 2.39. The summed E-state index contributed by atoms with van der Waals surface area (Å²) in [6.07, 6.45) is -0.0762. The van der Waals surface area contributed by atoms with Crippen molar-refractivity contribution in [1.29, 1.82) is 0 Å². The van der Waals surface area contributed by atoms with Crippen LogP contribution in [0.5, 0.6) is 0 Å². The summed E-state index contributed by atoms with van der Waals surface area (Å²) in [5, 5.41) is 13.5. The summed E-state index contributed by atoms with van der Waals surface area (Å²) in [7, 11) is 0. The van der Waals surface area contributed by atoms with Gasteiger partial charge < -0.3 is 10.4 Å². The molecule has 2 aromatic rings. The molecule has 1 aliphatic rings. The van der Waals surface area contributed by atoms with Gasteiger partial charge in [0, 0.05) is 12.0 Å². The molecule has 1 amide bonds. The van der Waals surface area contributed by atoms with Gasteiger partial charge in [0.2, 0.25) is 5.91 Å². The number of benzene rings is 2. The zero-order chi connectivity index (χ0) is 15.0. The van der Waals surface area contributed by atoms with Crippen molar-refractivity contribution in [3.05, 3.63) is 64.7 Å². The third-order valence-corrected chi connectivity index (χ3v) is 4.08. The number of rotatable bonds is 3. The molecule has 2 aromatic carbocycles. The van der Waals surface area contributed by atoms with Crippen LogP contribution in [0.2, 0.25) is 0 Å². The second-order valence-corrected chi connectivity index (χ2v) is 5.73. The van der Waals surface area contributed by atoms with Gasteiger partial charge in [0.15, 0.2) is 0 Å². The lowest BCUT2D eigenvalue weighted by Gasteiger charge is -2.16. The molecule has 0 bridgehead atoms. The minimum absolute atomic E-state index is 0.00348. The van der Waals surface area contributed by atoms with Crippen LogP contribution in [0.4, 0.5) is 5.69 Å². The Hall–Kier alpha value is -2.13. The number of hydrogen-bond acceptors (Lipinski definition) is 2. The molecular weight excluding hydrogens is 262 g/mol. The molecule has 0 aliphatic carbocycles. The van der Waals surface area contributed by atoms with Gasteiger partial charge in [0.05, 0.1) is 17.7 Å². The first kappa shape index (κ1) is 13.8. The van der Waals surface area contributed by atoms with E-state index in [1.165, 1.54) is 0 Å². The lowest BCUT2D eigenvalue weighted by molar-refractivity contribution is -0.116. The van der Waals surface area contributed by atoms with Gasteiger partial charge in [-0.05, 0) is 25.0 Å². The van der Waals surface area contributed by atoms with Gasteiger partial charge in [-0.15, -0.1) is 0 Å². The summed E-state index contributed by atoms with van der Waals surface area (Å²) in [5.74, 6) is -0.147. The van der Waals surface area contributed by atoms with Gasteiger partial charge in [-0.25, -0.2) is 0 Å².